The lowest BCUT2D eigenvalue weighted by Crippen LogP contribution is -2.49. The minimum absolute atomic E-state index is 0.0390. The third-order valence-electron chi connectivity index (χ3n) is 5.89. The maximum atomic E-state index is 12.6. The molecule has 0 bridgehead atoms. The number of likely N-dealkylation sites (tertiary alicyclic amines) is 2. The van der Waals surface area contributed by atoms with Gasteiger partial charge in [-0.15, -0.1) is 0 Å². The van der Waals surface area contributed by atoms with Crippen molar-refractivity contribution >= 4 is 11.8 Å². The molecule has 3 unspecified atom stereocenters. The number of ether oxygens (including phenoxy) is 1. The highest BCUT2D eigenvalue weighted by atomic mass is 16.5. The van der Waals surface area contributed by atoms with E-state index in [9.17, 15) is 9.59 Å². The first-order valence-corrected chi connectivity index (χ1v) is 10.3. The Morgan fingerprint density at radius 3 is 2.30 bits per heavy atom. The molecule has 2 aliphatic heterocycles. The maximum absolute atomic E-state index is 12.6. The van der Waals surface area contributed by atoms with Crippen LogP contribution < -0.4 is 4.74 Å². The second-order valence-corrected chi connectivity index (χ2v) is 8.24. The number of hydrogen-bond acceptors (Lipinski definition) is 3. The van der Waals surface area contributed by atoms with Crippen LogP contribution in [0.1, 0.15) is 63.2 Å². The summed E-state index contributed by atoms with van der Waals surface area (Å²) in [5, 5.41) is 0. The molecule has 3 rings (SSSR count). The van der Waals surface area contributed by atoms with Crippen molar-refractivity contribution in [1.82, 2.24) is 9.80 Å². The fraction of sp³-hybridized carbons (Fsp3) is 0.636. The Labute approximate surface area is 162 Å². The van der Waals surface area contributed by atoms with Gasteiger partial charge >= 0.3 is 0 Å². The van der Waals surface area contributed by atoms with Gasteiger partial charge in [0, 0.05) is 30.7 Å². The van der Waals surface area contributed by atoms with Gasteiger partial charge in [-0.25, -0.2) is 0 Å². The number of rotatable bonds is 4. The molecule has 0 aliphatic carbocycles. The molecular weight excluding hydrogens is 340 g/mol. The quantitative estimate of drug-likeness (QED) is 0.809. The highest BCUT2D eigenvalue weighted by Gasteiger charge is 2.29. The highest BCUT2D eigenvalue weighted by molar-refractivity contribution is 5.94. The normalized spacial score (nSPS) is 26.0. The van der Waals surface area contributed by atoms with Crippen LogP contribution in [0.3, 0.4) is 0 Å². The summed E-state index contributed by atoms with van der Waals surface area (Å²) in [6, 6.07) is 7.73. The molecule has 2 saturated heterocycles. The monoisotopic (exact) mass is 372 g/mol. The Morgan fingerprint density at radius 1 is 1.00 bits per heavy atom. The number of amides is 2. The largest absolute Gasteiger partial charge is 0.484 e. The number of hydrogen-bond donors (Lipinski definition) is 0. The molecule has 148 valence electrons. The molecule has 5 heteroatoms. The van der Waals surface area contributed by atoms with Crippen LogP contribution in [-0.4, -0.2) is 53.4 Å². The molecule has 2 fully saturated rings. The molecule has 2 heterocycles. The van der Waals surface area contributed by atoms with Crippen molar-refractivity contribution in [2.24, 2.45) is 5.92 Å². The summed E-state index contributed by atoms with van der Waals surface area (Å²) in [5.74, 6) is 1.32. The topological polar surface area (TPSA) is 49.9 Å². The van der Waals surface area contributed by atoms with Crippen molar-refractivity contribution in [3.05, 3.63) is 29.8 Å². The van der Waals surface area contributed by atoms with Crippen molar-refractivity contribution in [2.75, 3.05) is 19.7 Å². The zero-order valence-corrected chi connectivity index (χ0v) is 16.8. The summed E-state index contributed by atoms with van der Waals surface area (Å²) in [7, 11) is 0. The van der Waals surface area contributed by atoms with Crippen LogP contribution in [0.5, 0.6) is 5.75 Å². The van der Waals surface area contributed by atoms with Gasteiger partial charge in [-0.05, 0) is 76.1 Å². The van der Waals surface area contributed by atoms with E-state index in [4.69, 9.17) is 4.74 Å². The van der Waals surface area contributed by atoms with Gasteiger partial charge < -0.3 is 14.5 Å². The predicted molar refractivity (Wildman–Crippen MR) is 106 cm³/mol. The third-order valence-corrected chi connectivity index (χ3v) is 5.89. The van der Waals surface area contributed by atoms with Crippen LogP contribution >= 0.6 is 0 Å². The van der Waals surface area contributed by atoms with E-state index in [1.807, 2.05) is 9.80 Å². The van der Waals surface area contributed by atoms with Crippen LogP contribution in [0.2, 0.25) is 0 Å². The Kier molecular flexibility index (Phi) is 6.40. The molecular formula is C22H32N2O3. The first-order valence-electron chi connectivity index (χ1n) is 10.3. The maximum Gasteiger partial charge on any atom is 0.260 e. The molecule has 0 saturated carbocycles. The van der Waals surface area contributed by atoms with E-state index in [1.54, 1.807) is 24.3 Å². The first kappa shape index (κ1) is 19.7. The van der Waals surface area contributed by atoms with E-state index in [0.717, 1.165) is 32.4 Å². The van der Waals surface area contributed by atoms with Crippen LogP contribution in [0.25, 0.3) is 0 Å². The van der Waals surface area contributed by atoms with Gasteiger partial charge in [0.15, 0.2) is 6.61 Å². The minimum Gasteiger partial charge on any atom is -0.484 e. The SMILES string of the molecule is CC1CCCN(C(=O)c2ccc(OCC(=O)N3C(C)CCCC3C)cc2)C1. The van der Waals surface area contributed by atoms with Crippen molar-refractivity contribution in [3.8, 4) is 5.75 Å². The summed E-state index contributed by atoms with van der Waals surface area (Å²) in [5.41, 5.74) is 0.682. The zero-order valence-electron chi connectivity index (χ0n) is 16.8. The van der Waals surface area contributed by atoms with Gasteiger partial charge in [-0.3, -0.25) is 9.59 Å². The molecule has 1 aromatic rings. The molecule has 27 heavy (non-hydrogen) atoms. The van der Waals surface area contributed by atoms with Gasteiger partial charge in [0.05, 0.1) is 0 Å². The molecule has 1 aromatic carbocycles. The van der Waals surface area contributed by atoms with Crippen molar-refractivity contribution in [1.29, 1.82) is 0 Å². The van der Waals surface area contributed by atoms with Crippen LogP contribution in [0.15, 0.2) is 24.3 Å². The molecule has 0 spiro atoms. The van der Waals surface area contributed by atoms with Crippen molar-refractivity contribution in [3.63, 3.8) is 0 Å². The highest BCUT2D eigenvalue weighted by Crippen LogP contribution is 2.23. The summed E-state index contributed by atoms with van der Waals surface area (Å²) >= 11 is 0. The number of nitrogens with zero attached hydrogens (tertiary/aromatic N) is 2. The van der Waals surface area contributed by atoms with Gasteiger partial charge in [-0.1, -0.05) is 6.92 Å². The molecule has 0 N–H and O–H groups in total. The lowest BCUT2D eigenvalue weighted by Gasteiger charge is -2.38. The fourth-order valence-electron chi connectivity index (χ4n) is 4.38. The minimum atomic E-state index is 0.0390. The number of carbonyl (C=O) groups excluding carboxylic acids is 2. The van der Waals surface area contributed by atoms with Crippen LogP contribution in [0, 0.1) is 5.92 Å². The lowest BCUT2D eigenvalue weighted by molar-refractivity contribution is -0.139. The molecule has 2 aliphatic rings. The zero-order chi connectivity index (χ0) is 19.4. The Hall–Kier alpha value is -2.04. The smallest absolute Gasteiger partial charge is 0.260 e. The standard InChI is InChI=1S/C22H32N2O3/c1-16-6-5-13-23(14-16)22(26)19-9-11-20(12-10-19)27-15-21(25)24-17(2)7-4-8-18(24)3/h9-12,16-18H,4-8,13-15H2,1-3H3. The van der Waals surface area contributed by atoms with Gasteiger partial charge in [0.1, 0.15) is 5.75 Å². The van der Waals surface area contributed by atoms with Crippen molar-refractivity contribution in [2.45, 2.75) is 65.0 Å². The second kappa shape index (κ2) is 8.77. The van der Waals surface area contributed by atoms with E-state index in [0.29, 0.717) is 17.2 Å². The van der Waals surface area contributed by atoms with Crippen LogP contribution in [0.4, 0.5) is 0 Å². The number of piperidine rings is 2. The molecule has 3 atom stereocenters. The van der Waals surface area contributed by atoms with Gasteiger partial charge in [0.25, 0.3) is 11.8 Å². The molecule has 2 amide bonds. The Balaban J connectivity index is 1.54. The fourth-order valence-corrected chi connectivity index (χ4v) is 4.38. The van der Waals surface area contributed by atoms with Gasteiger partial charge in [-0.2, -0.15) is 0 Å². The number of carbonyl (C=O) groups is 2. The van der Waals surface area contributed by atoms with Gasteiger partial charge in [0.2, 0.25) is 0 Å². The summed E-state index contributed by atoms with van der Waals surface area (Å²) in [4.78, 5) is 29.1. The third kappa shape index (κ3) is 4.82. The Bertz CT molecular complexity index is 648. The summed E-state index contributed by atoms with van der Waals surface area (Å²) in [6.07, 6.45) is 5.56. The number of benzene rings is 1. The van der Waals surface area contributed by atoms with Crippen LogP contribution in [-0.2, 0) is 4.79 Å². The van der Waals surface area contributed by atoms with E-state index >= 15 is 0 Å². The van der Waals surface area contributed by atoms with E-state index in [2.05, 4.69) is 20.8 Å². The lowest BCUT2D eigenvalue weighted by atomic mass is 9.97. The molecule has 0 radical (unpaired) electrons. The average Bonchev–Trinajstić information content (AvgIpc) is 2.66. The van der Waals surface area contributed by atoms with E-state index < -0.39 is 0 Å². The van der Waals surface area contributed by atoms with E-state index in [1.165, 1.54) is 12.8 Å². The molecule has 0 aromatic heterocycles. The van der Waals surface area contributed by atoms with E-state index in [-0.39, 0.29) is 30.5 Å². The first-order chi connectivity index (χ1) is 13.0. The van der Waals surface area contributed by atoms with Crippen molar-refractivity contribution < 1.29 is 14.3 Å². The Morgan fingerprint density at radius 2 is 1.67 bits per heavy atom. The average molecular weight is 373 g/mol. The summed E-state index contributed by atoms with van der Waals surface area (Å²) < 4.78 is 5.70. The summed E-state index contributed by atoms with van der Waals surface area (Å²) in [6.45, 7) is 8.12. The second-order valence-electron chi connectivity index (χ2n) is 8.24. The molecule has 5 nitrogen and oxygen atoms in total. The predicted octanol–water partition coefficient (Wildman–Crippen LogP) is 3.73.